The van der Waals surface area contributed by atoms with E-state index in [1.165, 1.54) is 24.4 Å². The topological polar surface area (TPSA) is 34.1 Å². The molecule has 0 radical (unpaired) electrons. The summed E-state index contributed by atoms with van der Waals surface area (Å²) in [5, 5.41) is 3.16. The number of pyridine rings is 1. The fourth-order valence-electron chi connectivity index (χ4n) is 1.37. The lowest BCUT2D eigenvalue weighted by Crippen LogP contribution is -2.17. The SMILES string of the molecule is FC(F)(F)Oc1ccccc1Nc1ccc(Cl)cn1. The molecular weight excluding hydrogens is 281 g/mol. The molecule has 3 nitrogen and oxygen atoms in total. The Morgan fingerprint density at radius 1 is 1.11 bits per heavy atom. The van der Waals surface area contributed by atoms with Crippen LogP contribution in [0.2, 0.25) is 5.02 Å². The maximum absolute atomic E-state index is 12.2. The fourth-order valence-corrected chi connectivity index (χ4v) is 1.48. The summed E-state index contributed by atoms with van der Waals surface area (Å²) >= 11 is 5.67. The first kappa shape index (κ1) is 13.5. The van der Waals surface area contributed by atoms with E-state index in [4.69, 9.17) is 11.6 Å². The molecule has 1 aromatic heterocycles. The summed E-state index contributed by atoms with van der Waals surface area (Å²) in [6, 6.07) is 8.82. The molecule has 2 rings (SSSR count). The first-order chi connectivity index (χ1) is 8.94. The number of hydrogen-bond acceptors (Lipinski definition) is 3. The van der Waals surface area contributed by atoms with Gasteiger partial charge in [-0.15, -0.1) is 13.2 Å². The molecule has 0 unspecified atom stereocenters. The lowest BCUT2D eigenvalue weighted by atomic mass is 10.3. The minimum Gasteiger partial charge on any atom is -0.404 e. The second-order valence-electron chi connectivity index (χ2n) is 3.53. The average molecular weight is 289 g/mol. The molecule has 19 heavy (non-hydrogen) atoms. The van der Waals surface area contributed by atoms with Gasteiger partial charge < -0.3 is 10.1 Å². The summed E-state index contributed by atoms with van der Waals surface area (Å²) in [7, 11) is 0. The van der Waals surface area contributed by atoms with Gasteiger partial charge in [0.2, 0.25) is 0 Å². The third-order valence-electron chi connectivity index (χ3n) is 2.10. The highest BCUT2D eigenvalue weighted by molar-refractivity contribution is 6.30. The average Bonchev–Trinajstić information content (AvgIpc) is 2.33. The minimum absolute atomic E-state index is 0.162. The van der Waals surface area contributed by atoms with Crippen LogP contribution in [-0.2, 0) is 0 Å². The van der Waals surface area contributed by atoms with Crippen molar-refractivity contribution >= 4 is 23.1 Å². The molecule has 0 fully saturated rings. The molecule has 100 valence electrons. The Bertz CT molecular complexity index is 558. The molecule has 0 spiro atoms. The van der Waals surface area contributed by atoms with Gasteiger partial charge in [-0.1, -0.05) is 23.7 Å². The van der Waals surface area contributed by atoms with Gasteiger partial charge in [0.1, 0.15) is 5.82 Å². The van der Waals surface area contributed by atoms with Crippen LogP contribution in [0.3, 0.4) is 0 Å². The van der Waals surface area contributed by atoms with E-state index in [9.17, 15) is 13.2 Å². The zero-order valence-electron chi connectivity index (χ0n) is 9.41. The van der Waals surface area contributed by atoms with Crippen molar-refractivity contribution in [2.45, 2.75) is 6.36 Å². The van der Waals surface area contributed by atoms with E-state index in [-0.39, 0.29) is 11.4 Å². The lowest BCUT2D eigenvalue weighted by Gasteiger charge is -2.14. The molecule has 0 aliphatic rings. The first-order valence-corrected chi connectivity index (χ1v) is 5.55. The number of halogens is 4. The van der Waals surface area contributed by atoms with E-state index < -0.39 is 6.36 Å². The Labute approximate surface area is 112 Å². The molecule has 2 aromatic rings. The van der Waals surface area contributed by atoms with Gasteiger partial charge in [-0.25, -0.2) is 4.98 Å². The number of alkyl halides is 3. The Hall–Kier alpha value is -1.95. The van der Waals surface area contributed by atoms with Gasteiger partial charge in [-0.2, -0.15) is 0 Å². The standard InChI is InChI=1S/C12H8ClF3N2O/c13-8-5-6-11(17-7-8)18-9-3-1-2-4-10(9)19-12(14,15)16/h1-7H,(H,17,18). The van der Waals surface area contributed by atoms with Crippen molar-refractivity contribution in [3.8, 4) is 5.75 Å². The smallest absolute Gasteiger partial charge is 0.404 e. The number of hydrogen-bond donors (Lipinski definition) is 1. The molecule has 0 atom stereocenters. The van der Waals surface area contributed by atoms with E-state index in [1.807, 2.05) is 0 Å². The van der Waals surface area contributed by atoms with Crippen LogP contribution in [0.25, 0.3) is 0 Å². The maximum Gasteiger partial charge on any atom is 0.573 e. The van der Waals surface area contributed by atoms with Crippen LogP contribution >= 0.6 is 11.6 Å². The summed E-state index contributed by atoms with van der Waals surface area (Å²) in [6.07, 6.45) is -3.36. The Balaban J connectivity index is 2.22. The van der Waals surface area contributed by atoms with Crippen LogP contribution in [0.15, 0.2) is 42.6 Å². The lowest BCUT2D eigenvalue weighted by molar-refractivity contribution is -0.274. The van der Waals surface area contributed by atoms with Crippen LogP contribution in [0, 0.1) is 0 Å². The van der Waals surface area contributed by atoms with Gasteiger partial charge in [-0.3, -0.25) is 0 Å². The third-order valence-corrected chi connectivity index (χ3v) is 2.33. The second kappa shape index (κ2) is 5.36. The third kappa shape index (κ3) is 4.03. The van der Waals surface area contributed by atoms with Crippen LogP contribution in [0.5, 0.6) is 5.75 Å². The number of nitrogens with one attached hydrogen (secondary N) is 1. The second-order valence-corrected chi connectivity index (χ2v) is 3.97. The number of benzene rings is 1. The molecule has 0 saturated carbocycles. The predicted octanol–water partition coefficient (Wildman–Crippen LogP) is 4.38. The zero-order valence-corrected chi connectivity index (χ0v) is 10.2. The Morgan fingerprint density at radius 3 is 2.47 bits per heavy atom. The molecule has 0 saturated heterocycles. The molecule has 1 N–H and O–H groups in total. The normalized spacial score (nSPS) is 11.2. The van der Waals surface area contributed by atoms with E-state index in [2.05, 4.69) is 15.0 Å². The van der Waals surface area contributed by atoms with Gasteiger partial charge in [0.05, 0.1) is 10.7 Å². The van der Waals surface area contributed by atoms with Crippen molar-refractivity contribution in [2.75, 3.05) is 5.32 Å². The van der Waals surface area contributed by atoms with Crippen LogP contribution in [0.4, 0.5) is 24.7 Å². The summed E-state index contributed by atoms with van der Waals surface area (Å²) in [5.41, 5.74) is 0.162. The summed E-state index contributed by atoms with van der Waals surface area (Å²) in [4.78, 5) is 3.93. The number of anilines is 2. The van der Waals surface area contributed by atoms with E-state index in [1.54, 1.807) is 18.2 Å². The largest absolute Gasteiger partial charge is 0.573 e. The highest BCUT2D eigenvalue weighted by Gasteiger charge is 2.32. The van der Waals surface area contributed by atoms with Crippen molar-refractivity contribution in [3.63, 3.8) is 0 Å². The minimum atomic E-state index is -4.74. The van der Waals surface area contributed by atoms with Gasteiger partial charge in [-0.05, 0) is 24.3 Å². The zero-order chi connectivity index (χ0) is 13.9. The molecule has 0 bridgehead atoms. The number of nitrogens with zero attached hydrogens (tertiary/aromatic N) is 1. The van der Waals surface area contributed by atoms with Gasteiger partial charge >= 0.3 is 6.36 Å². The number of aromatic nitrogens is 1. The Kier molecular flexibility index (Phi) is 3.80. The molecule has 0 aliphatic carbocycles. The molecule has 1 aromatic carbocycles. The van der Waals surface area contributed by atoms with Gasteiger partial charge in [0.25, 0.3) is 0 Å². The number of ether oxygens (including phenoxy) is 1. The fraction of sp³-hybridized carbons (Fsp3) is 0.0833. The maximum atomic E-state index is 12.2. The van der Waals surface area contributed by atoms with Gasteiger partial charge in [0.15, 0.2) is 5.75 Å². The molecule has 1 heterocycles. The van der Waals surface area contributed by atoms with E-state index >= 15 is 0 Å². The molecule has 0 aliphatic heterocycles. The first-order valence-electron chi connectivity index (χ1n) is 5.17. The monoisotopic (exact) mass is 288 g/mol. The Morgan fingerprint density at radius 2 is 1.84 bits per heavy atom. The quantitative estimate of drug-likeness (QED) is 0.910. The number of para-hydroxylation sites is 2. The molecular formula is C12H8ClF3N2O. The van der Waals surface area contributed by atoms with Crippen molar-refractivity contribution in [2.24, 2.45) is 0 Å². The highest BCUT2D eigenvalue weighted by Crippen LogP contribution is 2.31. The van der Waals surface area contributed by atoms with Gasteiger partial charge in [0, 0.05) is 6.20 Å². The van der Waals surface area contributed by atoms with Crippen LogP contribution < -0.4 is 10.1 Å². The van der Waals surface area contributed by atoms with Crippen LogP contribution in [0.1, 0.15) is 0 Å². The molecule has 0 amide bonds. The predicted molar refractivity (Wildman–Crippen MR) is 65.7 cm³/mol. The number of rotatable bonds is 3. The summed E-state index contributed by atoms with van der Waals surface area (Å²) < 4.78 is 40.6. The summed E-state index contributed by atoms with van der Waals surface area (Å²) in [5.74, 6) is 0.0365. The van der Waals surface area contributed by atoms with Crippen molar-refractivity contribution in [1.82, 2.24) is 4.98 Å². The van der Waals surface area contributed by atoms with E-state index in [0.717, 1.165) is 0 Å². The summed E-state index contributed by atoms with van der Waals surface area (Å²) in [6.45, 7) is 0. The molecule has 7 heteroatoms. The van der Waals surface area contributed by atoms with E-state index in [0.29, 0.717) is 10.8 Å². The van der Waals surface area contributed by atoms with Crippen LogP contribution in [-0.4, -0.2) is 11.3 Å². The van der Waals surface area contributed by atoms with Crippen molar-refractivity contribution in [3.05, 3.63) is 47.6 Å². The highest BCUT2D eigenvalue weighted by atomic mass is 35.5. The van der Waals surface area contributed by atoms with Crippen molar-refractivity contribution in [1.29, 1.82) is 0 Å². The van der Waals surface area contributed by atoms with Crippen molar-refractivity contribution < 1.29 is 17.9 Å².